The molecule has 0 unspecified atom stereocenters. The summed E-state index contributed by atoms with van der Waals surface area (Å²) in [5.41, 5.74) is 2.42. The van der Waals surface area contributed by atoms with Crippen molar-refractivity contribution in [3.05, 3.63) is 60.7 Å². The molecule has 0 saturated heterocycles. The molecule has 2 aromatic rings. The van der Waals surface area contributed by atoms with E-state index in [-0.39, 0.29) is 0 Å². The molecule has 0 spiro atoms. The number of anilines is 2. The van der Waals surface area contributed by atoms with Gasteiger partial charge in [-0.3, -0.25) is 0 Å². The zero-order chi connectivity index (χ0) is 9.80. The van der Waals surface area contributed by atoms with Gasteiger partial charge in [-0.25, -0.2) is 0 Å². The molecule has 14 heavy (non-hydrogen) atoms. The van der Waals surface area contributed by atoms with Crippen molar-refractivity contribution < 1.29 is 20.1 Å². The molecule has 0 aliphatic heterocycles. The van der Waals surface area contributed by atoms with Crippen LogP contribution in [0.5, 0.6) is 0 Å². The standard InChI is InChI=1S/C12H10N.Mo/c1-3-7-11(8-4-1)13-12-9-5-2-6-10-12;/h1-10H;/q-1;+1. The maximum atomic E-state index is 2.18. The van der Waals surface area contributed by atoms with Crippen LogP contribution in [0.3, 0.4) is 0 Å². The molecule has 0 N–H and O–H groups in total. The molecule has 2 aromatic carbocycles. The SMILES string of the molecule is [Mo][N](c1ccccc1)c1ccccc1. The molecule has 0 radical (unpaired) electrons. The molecule has 0 bridgehead atoms. The summed E-state index contributed by atoms with van der Waals surface area (Å²) in [7, 11) is 0. The number of para-hydroxylation sites is 2. The summed E-state index contributed by atoms with van der Waals surface area (Å²) >= 11 is 2.00. The van der Waals surface area contributed by atoms with Crippen LogP contribution >= 0.6 is 0 Å². The van der Waals surface area contributed by atoms with Gasteiger partial charge in [0.15, 0.2) is 0 Å². The van der Waals surface area contributed by atoms with Gasteiger partial charge in [0.25, 0.3) is 0 Å². The Balaban J connectivity index is 2.30. The molecule has 0 aliphatic rings. The molecular formula is C12H10MoN. The quantitative estimate of drug-likeness (QED) is 0.752. The Hall–Kier alpha value is -1.07. The van der Waals surface area contributed by atoms with Crippen LogP contribution in [-0.4, -0.2) is 0 Å². The molecule has 0 aliphatic carbocycles. The van der Waals surface area contributed by atoms with Crippen LogP contribution in [0.1, 0.15) is 0 Å². The number of benzene rings is 2. The summed E-state index contributed by atoms with van der Waals surface area (Å²) in [4.78, 5) is 0. The van der Waals surface area contributed by atoms with E-state index in [1.54, 1.807) is 0 Å². The first kappa shape index (κ1) is 9.48. The molecular weight excluding hydrogens is 254 g/mol. The first-order chi connectivity index (χ1) is 6.88. The number of rotatable bonds is 2. The van der Waals surface area contributed by atoms with Crippen molar-refractivity contribution in [1.29, 1.82) is 0 Å². The number of nitrogens with zero attached hydrogens (tertiary/aromatic N) is 1. The molecule has 0 amide bonds. The minimum atomic E-state index is 1.21. The molecule has 0 saturated carbocycles. The molecule has 1 nitrogen and oxygen atoms in total. The molecule has 2 rings (SSSR count). The van der Waals surface area contributed by atoms with E-state index in [2.05, 4.69) is 52.0 Å². The first-order valence-corrected chi connectivity index (χ1v) is 5.35. The first-order valence-electron chi connectivity index (χ1n) is 4.45. The fourth-order valence-corrected chi connectivity index (χ4v) is 1.87. The average Bonchev–Trinajstić information content (AvgIpc) is 2.30. The monoisotopic (exact) mass is 266 g/mol. The number of hydrogen-bond acceptors (Lipinski definition) is 1. The summed E-state index contributed by atoms with van der Waals surface area (Å²) in [6.07, 6.45) is 0. The van der Waals surface area contributed by atoms with Crippen molar-refractivity contribution in [2.24, 2.45) is 0 Å². The summed E-state index contributed by atoms with van der Waals surface area (Å²) in [6, 6.07) is 20.7. The zero-order valence-electron chi connectivity index (χ0n) is 7.63. The van der Waals surface area contributed by atoms with Crippen molar-refractivity contribution in [3.8, 4) is 0 Å². The van der Waals surface area contributed by atoms with E-state index in [4.69, 9.17) is 0 Å². The van der Waals surface area contributed by atoms with E-state index >= 15 is 0 Å². The second-order valence-corrected chi connectivity index (χ2v) is 3.86. The Kier molecular flexibility index (Phi) is 3.00. The third-order valence-corrected chi connectivity index (χ3v) is 3.02. The fourth-order valence-electron chi connectivity index (χ4n) is 1.28. The normalized spacial score (nSPS) is 9.71. The Morgan fingerprint density at radius 3 is 1.36 bits per heavy atom. The van der Waals surface area contributed by atoms with Crippen LogP contribution in [0.4, 0.5) is 11.4 Å². The minimum absolute atomic E-state index is 1.21. The Labute approximate surface area is 95.6 Å². The predicted molar refractivity (Wildman–Crippen MR) is 55.0 cm³/mol. The van der Waals surface area contributed by atoms with Gasteiger partial charge in [-0.1, -0.05) is 0 Å². The fraction of sp³-hybridized carbons (Fsp3) is 0. The van der Waals surface area contributed by atoms with Crippen molar-refractivity contribution in [1.82, 2.24) is 0 Å². The maximum absolute atomic E-state index is 2.18. The van der Waals surface area contributed by atoms with Gasteiger partial charge in [0.2, 0.25) is 0 Å². The van der Waals surface area contributed by atoms with Crippen LogP contribution in [-0.2, 0) is 20.1 Å². The van der Waals surface area contributed by atoms with Crippen molar-refractivity contribution in [2.45, 2.75) is 0 Å². The molecule has 0 aromatic heterocycles. The third-order valence-electron chi connectivity index (χ3n) is 1.98. The van der Waals surface area contributed by atoms with Crippen LogP contribution in [0.25, 0.3) is 0 Å². The van der Waals surface area contributed by atoms with E-state index < -0.39 is 0 Å². The summed E-state index contributed by atoms with van der Waals surface area (Å²) < 4.78 is 2.18. The molecule has 0 atom stereocenters. The van der Waals surface area contributed by atoms with E-state index in [9.17, 15) is 0 Å². The van der Waals surface area contributed by atoms with Crippen LogP contribution in [0.2, 0.25) is 0 Å². The van der Waals surface area contributed by atoms with Gasteiger partial charge in [0.1, 0.15) is 0 Å². The van der Waals surface area contributed by atoms with Gasteiger partial charge in [-0.2, -0.15) is 0 Å². The molecule has 0 heterocycles. The topological polar surface area (TPSA) is 3.24 Å². The zero-order valence-corrected chi connectivity index (χ0v) is 9.64. The van der Waals surface area contributed by atoms with Crippen molar-refractivity contribution in [3.63, 3.8) is 0 Å². The van der Waals surface area contributed by atoms with Gasteiger partial charge in [-0.05, 0) is 0 Å². The summed E-state index contributed by atoms with van der Waals surface area (Å²) in [5.74, 6) is 0. The van der Waals surface area contributed by atoms with Gasteiger partial charge in [0.05, 0.1) is 0 Å². The molecule has 2 heteroatoms. The van der Waals surface area contributed by atoms with Crippen molar-refractivity contribution in [2.75, 3.05) is 3.46 Å². The van der Waals surface area contributed by atoms with E-state index in [0.717, 1.165) is 0 Å². The summed E-state index contributed by atoms with van der Waals surface area (Å²) in [5, 5.41) is 0. The molecule has 0 fully saturated rings. The van der Waals surface area contributed by atoms with Gasteiger partial charge in [-0.15, -0.1) is 0 Å². The predicted octanol–water partition coefficient (Wildman–Crippen LogP) is 3.29. The Morgan fingerprint density at radius 1 is 0.643 bits per heavy atom. The van der Waals surface area contributed by atoms with E-state index in [1.807, 2.05) is 32.2 Å². The third kappa shape index (κ3) is 2.05. The van der Waals surface area contributed by atoms with Gasteiger partial charge in [0, 0.05) is 0 Å². The van der Waals surface area contributed by atoms with Crippen molar-refractivity contribution >= 4 is 11.4 Å². The van der Waals surface area contributed by atoms with E-state index in [0.29, 0.717) is 0 Å². The Bertz CT molecular complexity index is 346. The molecule has 69 valence electrons. The van der Waals surface area contributed by atoms with Gasteiger partial charge >= 0.3 is 95.6 Å². The second-order valence-electron chi connectivity index (χ2n) is 2.97. The number of hydrogen-bond donors (Lipinski definition) is 0. The van der Waals surface area contributed by atoms with Crippen LogP contribution < -0.4 is 3.46 Å². The second kappa shape index (κ2) is 4.43. The Morgan fingerprint density at radius 2 is 1.00 bits per heavy atom. The average molecular weight is 264 g/mol. The van der Waals surface area contributed by atoms with E-state index in [1.165, 1.54) is 11.4 Å². The van der Waals surface area contributed by atoms with Gasteiger partial charge < -0.3 is 0 Å². The van der Waals surface area contributed by atoms with Crippen LogP contribution in [0, 0.1) is 0 Å². The summed E-state index contributed by atoms with van der Waals surface area (Å²) in [6.45, 7) is 0. The van der Waals surface area contributed by atoms with Crippen LogP contribution in [0.15, 0.2) is 60.7 Å².